The first-order valence-electron chi connectivity index (χ1n) is 7.55. The molecule has 0 spiro atoms. The molecule has 0 amide bonds. The SMILES string of the molecule is Cn1cc(C2CN(S(=O)(=O)Cc3cccc(C#N)c3)CCO2)cn1. The Morgan fingerprint density at radius 2 is 2.29 bits per heavy atom. The highest BCUT2D eigenvalue weighted by atomic mass is 32.2. The van der Waals surface area contributed by atoms with Gasteiger partial charge in [-0.1, -0.05) is 12.1 Å². The predicted molar refractivity (Wildman–Crippen MR) is 87.3 cm³/mol. The van der Waals surface area contributed by atoms with Crippen LogP contribution < -0.4 is 0 Å². The van der Waals surface area contributed by atoms with E-state index in [4.69, 9.17) is 10.00 Å². The molecule has 1 saturated heterocycles. The molecule has 0 aliphatic carbocycles. The quantitative estimate of drug-likeness (QED) is 0.830. The normalized spacial score (nSPS) is 19.1. The van der Waals surface area contributed by atoms with E-state index in [1.165, 1.54) is 4.31 Å². The molecule has 24 heavy (non-hydrogen) atoms. The van der Waals surface area contributed by atoms with Crippen LogP contribution in [0.2, 0.25) is 0 Å². The van der Waals surface area contributed by atoms with Crippen LogP contribution in [0.5, 0.6) is 0 Å². The molecule has 1 aromatic heterocycles. The van der Waals surface area contributed by atoms with Gasteiger partial charge in [0, 0.05) is 31.9 Å². The zero-order chi connectivity index (χ0) is 17.2. The van der Waals surface area contributed by atoms with Crippen LogP contribution in [0, 0.1) is 11.3 Å². The second-order valence-corrected chi connectivity index (χ2v) is 7.70. The number of aryl methyl sites for hydroxylation is 1. The van der Waals surface area contributed by atoms with Gasteiger partial charge in [0.25, 0.3) is 0 Å². The Morgan fingerprint density at radius 3 is 3.00 bits per heavy atom. The second kappa shape index (κ2) is 6.73. The molecule has 1 unspecified atom stereocenters. The number of aromatic nitrogens is 2. The van der Waals surface area contributed by atoms with Crippen LogP contribution in [0.3, 0.4) is 0 Å². The van der Waals surface area contributed by atoms with Crippen LogP contribution in [-0.4, -0.2) is 42.2 Å². The highest BCUT2D eigenvalue weighted by Gasteiger charge is 2.31. The third-order valence-electron chi connectivity index (χ3n) is 3.92. The van der Waals surface area contributed by atoms with Crippen LogP contribution in [0.1, 0.15) is 22.8 Å². The average molecular weight is 346 g/mol. The number of ether oxygens (including phenoxy) is 1. The van der Waals surface area contributed by atoms with Crippen LogP contribution >= 0.6 is 0 Å². The fraction of sp³-hybridized carbons (Fsp3) is 0.375. The molecule has 0 bridgehead atoms. The van der Waals surface area contributed by atoms with Crippen molar-refractivity contribution in [2.45, 2.75) is 11.9 Å². The van der Waals surface area contributed by atoms with E-state index < -0.39 is 10.0 Å². The summed E-state index contributed by atoms with van der Waals surface area (Å²) in [6.45, 7) is 0.944. The van der Waals surface area contributed by atoms with Crippen molar-refractivity contribution < 1.29 is 13.2 Å². The maximum atomic E-state index is 12.7. The number of nitriles is 1. The third kappa shape index (κ3) is 3.64. The standard InChI is InChI=1S/C16H18N4O3S/c1-19-10-15(9-18-19)16-11-20(5-6-23-16)24(21,22)12-14-4-2-3-13(7-14)8-17/h2-4,7,9-10,16H,5-6,11-12H2,1H3. The molecule has 1 atom stereocenters. The minimum Gasteiger partial charge on any atom is -0.371 e. The Balaban J connectivity index is 1.75. The van der Waals surface area contributed by atoms with Gasteiger partial charge >= 0.3 is 0 Å². The van der Waals surface area contributed by atoms with Crippen molar-refractivity contribution in [2.24, 2.45) is 7.05 Å². The largest absolute Gasteiger partial charge is 0.371 e. The van der Waals surface area contributed by atoms with Crippen molar-refractivity contribution in [1.29, 1.82) is 5.26 Å². The van der Waals surface area contributed by atoms with Crippen molar-refractivity contribution >= 4 is 10.0 Å². The molecule has 1 aliphatic rings. The number of benzene rings is 1. The van der Waals surface area contributed by atoms with Crippen LogP contribution in [0.4, 0.5) is 0 Å². The maximum Gasteiger partial charge on any atom is 0.218 e. The van der Waals surface area contributed by atoms with Gasteiger partial charge in [0.15, 0.2) is 0 Å². The third-order valence-corrected chi connectivity index (χ3v) is 5.74. The maximum absolute atomic E-state index is 12.7. The topological polar surface area (TPSA) is 88.2 Å². The summed E-state index contributed by atoms with van der Waals surface area (Å²) in [6, 6.07) is 8.70. The van der Waals surface area contributed by atoms with E-state index in [0.717, 1.165) is 5.56 Å². The molecule has 3 rings (SSSR count). The lowest BCUT2D eigenvalue weighted by Crippen LogP contribution is -2.42. The Bertz CT molecular complexity index is 869. The zero-order valence-corrected chi connectivity index (χ0v) is 14.1. The number of nitrogens with zero attached hydrogens (tertiary/aromatic N) is 4. The van der Waals surface area contributed by atoms with Gasteiger partial charge in [-0.05, 0) is 17.7 Å². The summed E-state index contributed by atoms with van der Waals surface area (Å²) >= 11 is 0. The Kier molecular flexibility index (Phi) is 4.66. The fourth-order valence-corrected chi connectivity index (χ4v) is 4.22. The van der Waals surface area contributed by atoms with E-state index in [1.54, 1.807) is 35.1 Å². The van der Waals surface area contributed by atoms with Gasteiger partial charge in [-0.2, -0.15) is 14.7 Å². The highest BCUT2D eigenvalue weighted by molar-refractivity contribution is 7.88. The summed E-state index contributed by atoms with van der Waals surface area (Å²) in [5, 5.41) is 13.0. The molecule has 1 fully saturated rings. The number of rotatable bonds is 4. The summed E-state index contributed by atoms with van der Waals surface area (Å²) in [7, 11) is -1.67. The summed E-state index contributed by atoms with van der Waals surface area (Å²) in [5.41, 5.74) is 1.93. The van der Waals surface area contributed by atoms with E-state index in [-0.39, 0.29) is 18.4 Å². The van der Waals surface area contributed by atoms with Gasteiger partial charge in [-0.3, -0.25) is 4.68 Å². The highest BCUT2D eigenvalue weighted by Crippen LogP contribution is 2.24. The molecule has 0 N–H and O–H groups in total. The van der Waals surface area contributed by atoms with Gasteiger partial charge in [0.05, 0.1) is 36.3 Å². The Morgan fingerprint density at radius 1 is 1.46 bits per heavy atom. The van der Waals surface area contributed by atoms with Crippen LogP contribution in [0.25, 0.3) is 0 Å². The van der Waals surface area contributed by atoms with E-state index in [2.05, 4.69) is 5.10 Å². The molecule has 2 heterocycles. The first kappa shape index (κ1) is 16.6. The van der Waals surface area contributed by atoms with Crippen molar-refractivity contribution in [1.82, 2.24) is 14.1 Å². The molecule has 0 radical (unpaired) electrons. The molecule has 1 aliphatic heterocycles. The number of morpholine rings is 1. The first-order valence-corrected chi connectivity index (χ1v) is 9.16. The van der Waals surface area contributed by atoms with Crippen LogP contribution in [-0.2, 0) is 27.6 Å². The van der Waals surface area contributed by atoms with E-state index in [9.17, 15) is 8.42 Å². The van der Waals surface area contributed by atoms with Crippen LogP contribution in [0.15, 0.2) is 36.7 Å². The van der Waals surface area contributed by atoms with Gasteiger partial charge in [-0.15, -0.1) is 0 Å². The first-order chi connectivity index (χ1) is 11.5. The molecule has 8 heteroatoms. The summed E-state index contributed by atoms with van der Waals surface area (Å²) in [4.78, 5) is 0. The Hall–Kier alpha value is -2.21. The minimum atomic E-state index is -3.48. The van der Waals surface area contributed by atoms with Gasteiger partial charge in [0.1, 0.15) is 0 Å². The fourth-order valence-electron chi connectivity index (χ4n) is 2.72. The molecule has 126 valence electrons. The number of hydrogen-bond donors (Lipinski definition) is 0. The van der Waals surface area contributed by atoms with Gasteiger partial charge < -0.3 is 4.74 Å². The predicted octanol–water partition coefficient (Wildman–Crippen LogP) is 1.20. The lowest BCUT2D eigenvalue weighted by molar-refractivity contribution is -0.00263. The summed E-state index contributed by atoms with van der Waals surface area (Å²) < 4.78 is 34.2. The Labute approximate surface area is 141 Å². The molecular weight excluding hydrogens is 328 g/mol. The zero-order valence-electron chi connectivity index (χ0n) is 13.3. The number of sulfonamides is 1. The van der Waals surface area contributed by atoms with E-state index in [1.807, 2.05) is 19.3 Å². The average Bonchev–Trinajstić information content (AvgIpc) is 3.01. The molecular formula is C16H18N4O3S. The van der Waals surface area contributed by atoms with Crippen molar-refractivity contribution in [3.05, 3.63) is 53.3 Å². The van der Waals surface area contributed by atoms with Crippen molar-refractivity contribution in [2.75, 3.05) is 19.7 Å². The second-order valence-electron chi connectivity index (χ2n) is 5.73. The van der Waals surface area contributed by atoms with E-state index >= 15 is 0 Å². The number of hydrogen-bond acceptors (Lipinski definition) is 5. The molecule has 0 saturated carbocycles. The van der Waals surface area contributed by atoms with Gasteiger partial charge in [-0.25, -0.2) is 8.42 Å². The molecule has 1 aromatic carbocycles. The summed E-state index contributed by atoms with van der Waals surface area (Å²) in [6.07, 6.45) is 3.21. The van der Waals surface area contributed by atoms with Crippen molar-refractivity contribution in [3.8, 4) is 6.07 Å². The van der Waals surface area contributed by atoms with Gasteiger partial charge in [0.2, 0.25) is 10.0 Å². The smallest absolute Gasteiger partial charge is 0.218 e. The molecule has 7 nitrogen and oxygen atoms in total. The summed E-state index contributed by atoms with van der Waals surface area (Å²) in [5.74, 6) is -0.123. The molecule has 2 aromatic rings. The minimum absolute atomic E-state index is 0.123. The van der Waals surface area contributed by atoms with E-state index in [0.29, 0.717) is 24.3 Å². The monoisotopic (exact) mass is 346 g/mol. The lowest BCUT2D eigenvalue weighted by atomic mass is 10.2. The van der Waals surface area contributed by atoms with Crippen molar-refractivity contribution in [3.63, 3.8) is 0 Å². The lowest BCUT2D eigenvalue weighted by Gasteiger charge is -2.31.